The van der Waals surface area contributed by atoms with E-state index in [0.717, 1.165) is 12.8 Å². The molecule has 1 saturated carbocycles. The molecule has 0 saturated heterocycles. The average molecular weight is 276 g/mol. The van der Waals surface area contributed by atoms with Crippen molar-refractivity contribution in [3.8, 4) is 0 Å². The lowest BCUT2D eigenvalue weighted by Crippen LogP contribution is -2.39. The van der Waals surface area contributed by atoms with Crippen molar-refractivity contribution in [1.29, 1.82) is 0 Å². The maximum absolute atomic E-state index is 9.78. The van der Waals surface area contributed by atoms with Crippen molar-refractivity contribution < 1.29 is 5.11 Å². The first-order valence-electron chi connectivity index (χ1n) is 8.43. The highest BCUT2D eigenvalue weighted by molar-refractivity contribution is 5.23. The summed E-state index contributed by atoms with van der Waals surface area (Å²) in [6.07, 6.45) is 11.3. The standard InChI is InChI=1S/C19H32O/c1-14(2)7-5-11-19(4)12-6-8-16-17(13-20)15(3)9-10-18(16)19/h10,15-17,20H,1,5-9,11-13H2,2-4H3/t15-,16-,17+,19+/m0/s1. The lowest BCUT2D eigenvalue weighted by atomic mass is 9.57. The van der Waals surface area contributed by atoms with Gasteiger partial charge in [0.05, 0.1) is 0 Å². The molecular formula is C19H32O. The molecule has 0 heterocycles. The van der Waals surface area contributed by atoms with E-state index in [1.807, 2.05) is 0 Å². The molecule has 0 spiro atoms. The highest BCUT2D eigenvalue weighted by Gasteiger charge is 2.42. The van der Waals surface area contributed by atoms with Gasteiger partial charge in [0.2, 0.25) is 0 Å². The summed E-state index contributed by atoms with van der Waals surface area (Å²) in [5.74, 6) is 1.79. The zero-order chi connectivity index (χ0) is 14.8. The Bertz CT molecular complexity index is 381. The van der Waals surface area contributed by atoms with Crippen LogP contribution in [-0.2, 0) is 0 Å². The predicted octanol–water partition coefficient (Wildman–Crippen LogP) is 5.11. The van der Waals surface area contributed by atoms with Crippen molar-refractivity contribution >= 4 is 0 Å². The number of fused-ring (bicyclic) bond motifs is 1. The fourth-order valence-electron chi connectivity index (χ4n) is 4.54. The number of rotatable bonds is 5. The van der Waals surface area contributed by atoms with Crippen LogP contribution in [0.4, 0.5) is 0 Å². The zero-order valence-electron chi connectivity index (χ0n) is 13.6. The SMILES string of the molecule is C=C(C)CCC[C@]1(C)CCC[C@@H]2C1=CC[C@H](C)[C@H]2CO. The van der Waals surface area contributed by atoms with E-state index in [4.69, 9.17) is 0 Å². The zero-order valence-corrected chi connectivity index (χ0v) is 13.6. The minimum absolute atomic E-state index is 0.366. The fraction of sp³-hybridized carbons (Fsp3) is 0.789. The van der Waals surface area contributed by atoms with Crippen molar-refractivity contribution in [1.82, 2.24) is 0 Å². The van der Waals surface area contributed by atoms with Gasteiger partial charge >= 0.3 is 0 Å². The van der Waals surface area contributed by atoms with E-state index in [2.05, 4.69) is 33.4 Å². The Kier molecular flexibility index (Phi) is 5.12. The fourth-order valence-corrected chi connectivity index (χ4v) is 4.54. The molecule has 0 unspecified atom stereocenters. The van der Waals surface area contributed by atoms with Crippen LogP contribution in [0.15, 0.2) is 23.8 Å². The Morgan fingerprint density at radius 2 is 2.25 bits per heavy atom. The number of aliphatic hydroxyl groups is 1. The van der Waals surface area contributed by atoms with E-state index in [-0.39, 0.29) is 0 Å². The second-order valence-electron chi connectivity index (χ2n) is 7.59. The van der Waals surface area contributed by atoms with Crippen LogP contribution in [0, 0.1) is 23.2 Å². The average Bonchev–Trinajstić information content (AvgIpc) is 2.38. The Balaban J connectivity index is 2.12. The van der Waals surface area contributed by atoms with Crippen LogP contribution in [0.5, 0.6) is 0 Å². The first-order chi connectivity index (χ1) is 9.48. The second kappa shape index (κ2) is 6.47. The topological polar surface area (TPSA) is 20.2 Å². The third-order valence-corrected chi connectivity index (χ3v) is 5.84. The highest BCUT2D eigenvalue weighted by atomic mass is 16.3. The monoisotopic (exact) mass is 276 g/mol. The third-order valence-electron chi connectivity index (χ3n) is 5.84. The summed E-state index contributed by atoms with van der Waals surface area (Å²) in [4.78, 5) is 0. The Hall–Kier alpha value is -0.560. The van der Waals surface area contributed by atoms with Gasteiger partial charge in [0.25, 0.3) is 0 Å². The smallest absolute Gasteiger partial charge is 0.0467 e. The number of aliphatic hydroxyl groups excluding tert-OH is 1. The van der Waals surface area contributed by atoms with Crippen LogP contribution in [0.3, 0.4) is 0 Å². The molecule has 2 rings (SSSR count). The Morgan fingerprint density at radius 1 is 1.50 bits per heavy atom. The highest BCUT2D eigenvalue weighted by Crippen LogP contribution is 2.53. The molecule has 1 nitrogen and oxygen atoms in total. The molecule has 0 aliphatic heterocycles. The van der Waals surface area contributed by atoms with Gasteiger partial charge in [-0.1, -0.05) is 37.5 Å². The minimum atomic E-state index is 0.366. The van der Waals surface area contributed by atoms with Crippen LogP contribution < -0.4 is 0 Å². The maximum atomic E-state index is 9.78. The lowest BCUT2D eigenvalue weighted by molar-refractivity contribution is 0.0911. The summed E-state index contributed by atoms with van der Waals surface area (Å²) in [6.45, 7) is 11.3. The summed E-state index contributed by atoms with van der Waals surface area (Å²) >= 11 is 0. The molecule has 1 heteroatoms. The largest absolute Gasteiger partial charge is 0.396 e. The molecule has 2 aliphatic carbocycles. The summed E-state index contributed by atoms with van der Waals surface area (Å²) in [5, 5.41) is 9.78. The Labute approximate surface area is 125 Å². The van der Waals surface area contributed by atoms with Gasteiger partial charge in [-0.3, -0.25) is 0 Å². The van der Waals surface area contributed by atoms with Crippen LogP contribution in [0.1, 0.15) is 65.7 Å². The number of allylic oxidation sites excluding steroid dienone is 3. The van der Waals surface area contributed by atoms with Crippen molar-refractivity contribution in [3.63, 3.8) is 0 Å². The summed E-state index contributed by atoms with van der Waals surface area (Å²) < 4.78 is 0. The molecule has 0 aromatic carbocycles. The quantitative estimate of drug-likeness (QED) is 0.691. The van der Waals surface area contributed by atoms with Crippen LogP contribution in [0.2, 0.25) is 0 Å². The van der Waals surface area contributed by atoms with E-state index in [1.165, 1.54) is 37.7 Å². The lowest BCUT2D eigenvalue weighted by Gasteiger charge is -2.48. The van der Waals surface area contributed by atoms with Gasteiger partial charge in [0.15, 0.2) is 0 Å². The predicted molar refractivity (Wildman–Crippen MR) is 86.6 cm³/mol. The van der Waals surface area contributed by atoms with Gasteiger partial charge in [-0.2, -0.15) is 0 Å². The van der Waals surface area contributed by atoms with Gasteiger partial charge in [-0.15, -0.1) is 6.58 Å². The maximum Gasteiger partial charge on any atom is 0.0467 e. The molecule has 0 amide bonds. The molecule has 20 heavy (non-hydrogen) atoms. The van der Waals surface area contributed by atoms with Gasteiger partial charge in [-0.25, -0.2) is 0 Å². The van der Waals surface area contributed by atoms with E-state index < -0.39 is 0 Å². The molecular weight excluding hydrogens is 244 g/mol. The van der Waals surface area contributed by atoms with Crippen LogP contribution in [0.25, 0.3) is 0 Å². The third kappa shape index (κ3) is 3.19. The van der Waals surface area contributed by atoms with Crippen molar-refractivity contribution in [2.24, 2.45) is 23.2 Å². The summed E-state index contributed by atoms with van der Waals surface area (Å²) in [6, 6.07) is 0. The molecule has 0 aromatic heterocycles. The first kappa shape index (κ1) is 15.8. The molecule has 4 atom stereocenters. The second-order valence-corrected chi connectivity index (χ2v) is 7.59. The Morgan fingerprint density at radius 3 is 2.90 bits per heavy atom. The summed E-state index contributed by atoms with van der Waals surface area (Å²) in [7, 11) is 0. The number of hydrogen-bond acceptors (Lipinski definition) is 1. The minimum Gasteiger partial charge on any atom is -0.396 e. The van der Waals surface area contributed by atoms with Crippen molar-refractivity contribution in [2.45, 2.75) is 65.7 Å². The van der Waals surface area contributed by atoms with Crippen LogP contribution >= 0.6 is 0 Å². The molecule has 1 N–H and O–H groups in total. The molecule has 2 aliphatic rings. The normalized spacial score (nSPS) is 37.2. The van der Waals surface area contributed by atoms with Crippen molar-refractivity contribution in [2.75, 3.05) is 6.61 Å². The molecule has 1 fully saturated rings. The number of hydrogen-bond donors (Lipinski definition) is 1. The first-order valence-corrected chi connectivity index (χ1v) is 8.43. The van der Waals surface area contributed by atoms with Crippen LogP contribution in [-0.4, -0.2) is 11.7 Å². The van der Waals surface area contributed by atoms with E-state index in [0.29, 0.717) is 29.8 Å². The van der Waals surface area contributed by atoms with Gasteiger partial charge < -0.3 is 5.11 Å². The molecule has 114 valence electrons. The van der Waals surface area contributed by atoms with E-state index in [1.54, 1.807) is 5.57 Å². The van der Waals surface area contributed by atoms with Gasteiger partial charge in [0.1, 0.15) is 0 Å². The molecule has 0 bridgehead atoms. The molecule has 0 radical (unpaired) electrons. The summed E-state index contributed by atoms with van der Waals surface area (Å²) in [5.41, 5.74) is 3.37. The van der Waals surface area contributed by atoms with Gasteiger partial charge in [-0.05, 0) is 68.6 Å². The van der Waals surface area contributed by atoms with Crippen molar-refractivity contribution in [3.05, 3.63) is 23.8 Å². The van der Waals surface area contributed by atoms with E-state index in [9.17, 15) is 5.11 Å². The molecule has 0 aromatic rings. The van der Waals surface area contributed by atoms with Gasteiger partial charge in [0, 0.05) is 6.61 Å². The van der Waals surface area contributed by atoms with E-state index >= 15 is 0 Å².